The maximum Gasteiger partial charge on any atom is 0.326 e. The molecule has 0 bridgehead atoms. The topological polar surface area (TPSA) is 79.7 Å². The van der Waals surface area contributed by atoms with E-state index in [1.165, 1.54) is 16.2 Å². The van der Waals surface area contributed by atoms with Crippen molar-refractivity contribution in [3.63, 3.8) is 0 Å². The average molecular weight is 310 g/mol. The maximum absolute atomic E-state index is 12.5. The molecule has 2 aliphatic heterocycles. The number of aromatic nitrogens is 1. The van der Waals surface area contributed by atoms with Gasteiger partial charge in [-0.25, -0.2) is 9.78 Å². The molecule has 1 aromatic rings. The van der Waals surface area contributed by atoms with Gasteiger partial charge in [-0.3, -0.25) is 4.79 Å². The Bertz CT molecular complexity index is 539. The first-order valence-electron chi connectivity index (χ1n) is 7.28. The van der Waals surface area contributed by atoms with E-state index in [9.17, 15) is 14.7 Å². The van der Waals surface area contributed by atoms with Gasteiger partial charge < -0.3 is 14.7 Å². The SMILES string of the molecule is O=C(O)[C@H]1CCCCN1C(=O)c1cnc(C2CCCO2)s1. The Morgan fingerprint density at radius 2 is 2.19 bits per heavy atom. The van der Waals surface area contributed by atoms with Crippen molar-refractivity contribution >= 4 is 23.2 Å². The largest absolute Gasteiger partial charge is 0.480 e. The highest BCUT2D eigenvalue weighted by Gasteiger charge is 2.33. The number of aliphatic carboxylic acids is 1. The molecule has 2 atom stereocenters. The van der Waals surface area contributed by atoms with Crippen molar-refractivity contribution in [1.29, 1.82) is 0 Å². The van der Waals surface area contributed by atoms with Gasteiger partial charge in [0, 0.05) is 13.2 Å². The molecule has 1 aromatic heterocycles. The van der Waals surface area contributed by atoms with E-state index in [2.05, 4.69) is 4.98 Å². The highest BCUT2D eigenvalue weighted by Crippen LogP contribution is 2.32. The molecule has 2 saturated heterocycles. The van der Waals surface area contributed by atoms with Crippen LogP contribution in [0.3, 0.4) is 0 Å². The quantitative estimate of drug-likeness (QED) is 0.924. The van der Waals surface area contributed by atoms with Crippen molar-refractivity contribution < 1.29 is 19.4 Å². The Balaban J connectivity index is 1.76. The second-order valence-electron chi connectivity index (χ2n) is 5.41. The van der Waals surface area contributed by atoms with Gasteiger partial charge in [-0.2, -0.15) is 0 Å². The molecule has 1 unspecified atom stereocenters. The zero-order valence-corrected chi connectivity index (χ0v) is 12.5. The highest BCUT2D eigenvalue weighted by molar-refractivity contribution is 7.13. The van der Waals surface area contributed by atoms with Crippen LogP contribution in [-0.2, 0) is 9.53 Å². The van der Waals surface area contributed by atoms with Crippen molar-refractivity contribution in [3.8, 4) is 0 Å². The van der Waals surface area contributed by atoms with Gasteiger partial charge in [0.15, 0.2) is 0 Å². The van der Waals surface area contributed by atoms with E-state index < -0.39 is 12.0 Å². The summed E-state index contributed by atoms with van der Waals surface area (Å²) in [5.74, 6) is -1.14. The van der Waals surface area contributed by atoms with E-state index in [-0.39, 0.29) is 12.0 Å². The fraction of sp³-hybridized carbons (Fsp3) is 0.643. The lowest BCUT2D eigenvalue weighted by Gasteiger charge is -2.32. The molecule has 2 aliphatic rings. The molecule has 3 heterocycles. The summed E-state index contributed by atoms with van der Waals surface area (Å²) in [6.07, 6.45) is 5.73. The van der Waals surface area contributed by atoms with Gasteiger partial charge in [-0.1, -0.05) is 0 Å². The number of amides is 1. The molecule has 3 rings (SSSR count). The summed E-state index contributed by atoms with van der Waals surface area (Å²) < 4.78 is 5.57. The smallest absolute Gasteiger partial charge is 0.326 e. The Kier molecular flexibility index (Phi) is 4.21. The Morgan fingerprint density at radius 3 is 2.90 bits per heavy atom. The van der Waals surface area contributed by atoms with Crippen molar-refractivity contribution in [2.24, 2.45) is 0 Å². The number of hydrogen-bond acceptors (Lipinski definition) is 5. The summed E-state index contributed by atoms with van der Waals surface area (Å²) in [5.41, 5.74) is 0. The van der Waals surface area contributed by atoms with Gasteiger partial charge in [0.05, 0.1) is 6.20 Å². The molecule has 0 aliphatic carbocycles. The first kappa shape index (κ1) is 14.5. The molecule has 0 saturated carbocycles. The van der Waals surface area contributed by atoms with E-state index in [0.29, 0.717) is 17.8 Å². The summed E-state index contributed by atoms with van der Waals surface area (Å²) in [5, 5.41) is 10.1. The molecule has 7 heteroatoms. The normalized spacial score (nSPS) is 26.0. The molecule has 21 heavy (non-hydrogen) atoms. The second-order valence-corrected chi connectivity index (χ2v) is 6.48. The predicted octanol–water partition coefficient (Wildman–Crippen LogP) is 2.07. The lowest BCUT2D eigenvalue weighted by atomic mass is 10.0. The fourth-order valence-electron chi connectivity index (χ4n) is 2.88. The van der Waals surface area contributed by atoms with Crippen LogP contribution in [-0.4, -0.2) is 46.1 Å². The number of carboxylic acids is 1. The maximum atomic E-state index is 12.5. The van der Waals surface area contributed by atoms with Crippen LogP contribution in [0, 0.1) is 0 Å². The van der Waals surface area contributed by atoms with Crippen molar-refractivity contribution in [2.45, 2.75) is 44.2 Å². The highest BCUT2D eigenvalue weighted by atomic mass is 32.1. The number of rotatable bonds is 3. The van der Waals surface area contributed by atoms with Crippen LogP contribution in [0.25, 0.3) is 0 Å². The van der Waals surface area contributed by atoms with Crippen LogP contribution in [0.4, 0.5) is 0 Å². The van der Waals surface area contributed by atoms with Gasteiger partial charge in [0.25, 0.3) is 5.91 Å². The minimum absolute atomic E-state index is 0.00632. The van der Waals surface area contributed by atoms with E-state index in [4.69, 9.17) is 4.74 Å². The van der Waals surface area contributed by atoms with Gasteiger partial charge in [0.1, 0.15) is 22.0 Å². The van der Waals surface area contributed by atoms with Gasteiger partial charge in [0.2, 0.25) is 0 Å². The number of ether oxygens (including phenoxy) is 1. The number of nitrogens with zero attached hydrogens (tertiary/aromatic N) is 2. The number of thiazole rings is 1. The summed E-state index contributed by atoms with van der Waals surface area (Å²) >= 11 is 1.33. The summed E-state index contributed by atoms with van der Waals surface area (Å²) in [6, 6.07) is -0.709. The van der Waals surface area contributed by atoms with Crippen LogP contribution in [0.2, 0.25) is 0 Å². The van der Waals surface area contributed by atoms with Crippen molar-refractivity contribution in [2.75, 3.05) is 13.2 Å². The number of hydrogen-bond donors (Lipinski definition) is 1. The third-order valence-electron chi connectivity index (χ3n) is 3.99. The Morgan fingerprint density at radius 1 is 1.33 bits per heavy atom. The summed E-state index contributed by atoms with van der Waals surface area (Å²) in [7, 11) is 0. The van der Waals surface area contributed by atoms with Crippen LogP contribution in [0.15, 0.2) is 6.20 Å². The number of carbonyl (C=O) groups excluding carboxylic acids is 1. The standard InChI is InChI=1S/C14H18N2O4S/c17-13(16-6-2-1-4-9(16)14(18)19)11-8-15-12(21-11)10-5-3-7-20-10/h8-10H,1-7H2,(H,18,19)/t9-,10?/m1/s1. The molecule has 2 fully saturated rings. The first-order valence-corrected chi connectivity index (χ1v) is 8.09. The molecule has 1 N–H and O–H groups in total. The molecule has 0 aromatic carbocycles. The number of likely N-dealkylation sites (tertiary alicyclic amines) is 1. The zero-order valence-electron chi connectivity index (χ0n) is 11.7. The molecule has 1 amide bonds. The molecular weight excluding hydrogens is 292 g/mol. The minimum atomic E-state index is -0.924. The molecule has 6 nitrogen and oxygen atoms in total. The van der Waals surface area contributed by atoms with Crippen LogP contribution < -0.4 is 0 Å². The number of carbonyl (C=O) groups is 2. The number of piperidine rings is 1. The molecule has 0 spiro atoms. The van der Waals surface area contributed by atoms with Crippen molar-refractivity contribution in [3.05, 3.63) is 16.1 Å². The lowest BCUT2D eigenvalue weighted by Crippen LogP contribution is -2.47. The predicted molar refractivity (Wildman–Crippen MR) is 76.4 cm³/mol. The zero-order chi connectivity index (χ0) is 14.8. The van der Waals surface area contributed by atoms with Crippen LogP contribution in [0.1, 0.15) is 52.9 Å². The van der Waals surface area contributed by atoms with Crippen LogP contribution >= 0.6 is 11.3 Å². The van der Waals surface area contributed by atoms with Gasteiger partial charge in [-0.05, 0) is 32.1 Å². The lowest BCUT2D eigenvalue weighted by molar-refractivity contribution is -0.143. The van der Waals surface area contributed by atoms with Crippen LogP contribution in [0.5, 0.6) is 0 Å². The van der Waals surface area contributed by atoms with E-state index in [1.54, 1.807) is 6.20 Å². The third kappa shape index (κ3) is 2.94. The van der Waals surface area contributed by atoms with Crippen molar-refractivity contribution in [1.82, 2.24) is 9.88 Å². The monoisotopic (exact) mass is 310 g/mol. The molecule has 114 valence electrons. The third-order valence-corrected chi connectivity index (χ3v) is 5.07. The fourth-order valence-corrected chi connectivity index (χ4v) is 3.84. The molecule has 0 radical (unpaired) electrons. The molecular formula is C14H18N2O4S. The van der Waals surface area contributed by atoms with Gasteiger partial charge in [-0.15, -0.1) is 11.3 Å². The Hall–Kier alpha value is -1.47. The average Bonchev–Trinajstić information content (AvgIpc) is 3.17. The van der Waals surface area contributed by atoms with E-state index in [1.807, 2.05) is 0 Å². The Labute approximate surface area is 126 Å². The summed E-state index contributed by atoms with van der Waals surface area (Å²) in [4.78, 5) is 30.1. The summed E-state index contributed by atoms with van der Waals surface area (Å²) in [6.45, 7) is 1.24. The number of carboxylic acid groups (broad SMARTS) is 1. The van der Waals surface area contributed by atoms with E-state index >= 15 is 0 Å². The van der Waals surface area contributed by atoms with E-state index in [0.717, 1.165) is 37.3 Å². The first-order chi connectivity index (χ1) is 10.2. The van der Waals surface area contributed by atoms with Gasteiger partial charge >= 0.3 is 5.97 Å². The second kappa shape index (κ2) is 6.11. The minimum Gasteiger partial charge on any atom is -0.480 e.